The molecule has 0 fully saturated rings. The topological polar surface area (TPSA) is 36.4 Å². The van der Waals surface area contributed by atoms with Gasteiger partial charge in [0.2, 0.25) is 0 Å². The number of hydrogen-bond acceptors (Lipinski definition) is 1. The zero-order chi connectivity index (χ0) is 15.2. The number of guanidine groups is 1. The highest BCUT2D eigenvalue weighted by molar-refractivity contribution is 9.10. The predicted octanol–water partition coefficient (Wildman–Crippen LogP) is 3.63. The Bertz CT molecular complexity index is 460. The maximum Gasteiger partial charge on any atom is 0.390 e. The Kier molecular flexibility index (Phi) is 6.32. The largest absolute Gasteiger partial charge is 0.390 e. The molecule has 1 unspecified atom stereocenters. The Hall–Kier alpha value is -1.24. The second-order valence-corrected chi connectivity index (χ2v) is 5.11. The number of aliphatic imine (C=N–C) groups is 1. The van der Waals surface area contributed by atoms with Gasteiger partial charge in [-0.1, -0.05) is 34.1 Å². The maximum atomic E-state index is 12.1. The molecule has 0 aromatic heterocycles. The minimum Gasteiger partial charge on any atom is -0.356 e. The summed E-state index contributed by atoms with van der Waals surface area (Å²) >= 11 is 3.44. The van der Waals surface area contributed by atoms with Gasteiger partial charge in [0.15, 0.2) is 5.96 Å². The molecule has 7 heteroatoms. The van der Waals surface area contributed by atoms with E-state index in [0.717, 1.165) is 10.0 Å². The van der Waals surface area contributed by atoms with Gasteiger partial charge in [-0.05, 0) is 18.6 Å². The van der Waals surface area contributed by atoms with E-state index in [2.05, 4.69) is 31.6 Å². The van der Waals surface area contributed by atoms with Gasteiger partial charge in [-0.25, -0.2) is 0 Å². The van der Waals surface area contributed by atoms with Crippen molar-refractivity contribution in [2.24, 2.45) is 4.99 Å². The van der Waals surface area contributed by atoms with E-state index in [9.17, 15) is 13.2 Å². The summed E-state index contributed by atoms with van der Waals surface area (Å²) in [5, 5.41) is 5.70. The highest BCUT2D eigenvalue weighted by Crippen LogP contribution is 2.22. The Labute approximate surface area is 124 Å². The highest BCUT2D eigenvalue weighted by atomic mass is 79.9. The van der Waals surface area contributed by atoms with Crippen molar-refractivity contribution < 1.29 is 13.2 Å². The van der Waals surface area contributed by atoms with Gasteiger partial charge in [0.25, 0.3) is 0 Å². The standard InChI is InChI=1S/C13H17BrF3N3/c1-9(10-5-3-4-6-11(10)14)20-12(18-2)19-8-7-13(15,16)17/h3-6,9H,7-8H2,1-2H3,(H2,18,19,20). The summed E-state index contributed by atoms with van der Waals surface area (Å²) in [7, 11) is 1.52. The summed E-state index contributed by atoms with van der Waals surface area (Å²) in [5.74, 6) is 0.345. The molecule has 1 aromatic rings. The lowest BCUT2D eigenvalue weighted by Gasteiger charge is -2.19. The van der Waals surface area contributed by atoms with Crippen LogP contribution in [0.1, 0.15) is 24.9 Å². The lowest BCUT2D eigenvalue weighted by Crippen LogP contribution is -2.40. The molecule has 0 aliphatic carbocycles. The molecule has 1 aromatic carbocycles. The monoisotopic (exact) mass is 351 g/mol. The van der Waals surface area contributed by atoms with Gasteiger partial charge in [-0.3, -0.25) is 4.99 Å². The number of hydrogen-bond donors (Lipinski definition) is 2. The first kappa shape index (κ1) is 16.8. The third kappa shape index (κ3) is 5.81. The van der Waals surface area contributed by atoms with Crippen LogP contribution in [0.15, 0.2) is 33.7 Å². The van der Waals surface area contributed by atoms with E-state index in [4.69, 9.17) is 0 Å². The fraction of sp³-hybridized carbons (Fsp3) is 0.462. The second kappa shape index (κ2) is 7.52. The average molecular weight is 352 g/mol. The summed E-state index contributed by atoms with van der Waals surface area (Å²) < 4.78 is 37.2. The van der Waals surface area contributed by atoms with Gasteiger partial charge in [-0.15, -0.1) is 0 Å². The quantitative estimate of drug-likeness (QED) is 0.641. The molecule has 20 heavy (non-hydrogen) atoms. The molecule has 3 nitrogen and oxygen atoms in total. The van der Waals surface area contributed by atoms with Gasteiger partial charge >= 0.3 is 6.18 Å². The van der Waals surface area contributed by atoms with E-state index >= 15 is 0 Å². The van der Waals surface area contributed by atoms with Crippen molar-refractivity contribution >= 4 is 21.9 Å². The Balaban J connectivity index is 2.55. The fourth-order valence-corrected chi connectivity index (χ4v) is 2.25. The number of nitrogens with zero attached hydrogens (tertiary/aromatic N) is 1. The summed E-state index contributed by atoms with van der Waals surface area (Å²) in [4.78, 5) is 3.91. The van der Waals surface area contributed by atoms with Crippen molar-refractivity contribution in [3.8, 4) is 0 Å². The molecule has 0 saturated heterocycles. The van der Waals surface area contributed by atoms with Crippen molar-refractivity contribution in [2.75, 3.05) is 13.6 Å². The van der Waals surface area contributed by atoms with Crippen LogP contribution < -0.4 is 10.6 Å². The number of halogens is 4. The molecule has 0 heterocycles. The van der Waals surface area contributed by atoms with Gasteiger partial charge in [0.1, 0.15) is 0 Å². The van der Waals surface area contributed by atoms with Gasteiger partial charge < -0.3 is 10.6 Å². The number of benzene rings is 1. The van der Waals surface area contributed by atoms with Crippen LogP contribution in [0.2, 0.25) is 0 Å². The van der Waals surface area contributed by atoms with Gasteiger partial charge in [-0.2, -0.15) is 13.2 Å². The first-order valence-electron chi connectivity index (χ1n) is 6.12. The molecule has 0 bridgehead atoms. The molecule has 0 aliphatic rings. The minimum absolute atomic E-state index is 0.0809. The number of rotatable bonds is 4. The smallest absolute Gasteiger partial charge is 0.356 e. The second-order valence-electron chi connectivity index (χ2n) is 4.25. The van der Waals surface area contributed by atoms with Crippen LogP contribution in [0.4, 0.5) is 13.2 Å². The first-order chi connectivity index (χ1) is 9.33. The lowest BCUT2D eigenvalue weighted by atomic mass is 10.1. The molecule has 0 saturated carbocycles. The third-order valence-electron chi connectivity index (χ3n) is 2.65. The molecular weight excluding hydrogens is 335 g/mol. The lowest BCUT2D eigenvalue weighted by molar-refractivity contribution is -0.132. The molecule has 0 radical (unpaired) electrons. The summed E-state index contributed by atoms with van der Waals surface area (Å²) in [6.07, 6.45) is -5.06. The number of alkyl halides is 3. The van der Waals surface area contributed by atoms with Crippen molar-refractivity contribution in [2.45, 2.75) is 25.6 Å². The maximum absolute atomic E-state index is 12.1. The van der Waals surface area contributed by atoms with E-state index in [1.807, 2.05) is 31.2 Å². The molecule has 112 valence electrons. The molecule has 2 N–H and O–H groups in total. The van der Waals surface area contributed by atoms with Gasteiger partial charge in [0.05, 0.1) is 12.5 Å². The Morgan fingerprint density at radius 2 is 2.00 bits per heavy atom. The van der Waals surface area contributed by atoms with Crippen LogP contribution in [0, 0.1) is 0 Å². The van der Waals surface area contributed by atoms with E-state index in [0.29, 0.717) is 5.96 Å². The highest BCUT2D eigenvalue weighted by Gasteiger charge is 2.26. The zero-order valence-electron chi connectivity index (χ0n) is 11.3. The molecule has 0 spiro atoms. The normalized spacial score (nSPS) is 14.0. The van der Waals surface area contributed by atoms with Crippen molar-refractivity contribution in [1.82, 2.24) is 10.6 Å². The first-order valence-corrected chi connectivity index (χ1v) is 6.91. The SMILES string of the molecule is CN=C(NCCC(F)(F)F)NC(C)c1ccccc1Br. The molecule has 1 rings (SSSR count). The Morgan fingerprint density at radius 3 is 2.55 bits per heavy atom. The van der Waals surface area contributed by atoms with Crippen molar-refractivity contribution in [3.63, 3.8) is 0 Å². The van der Waals surface area contributed by atoms with E-state index in [-0.39, 0.29) is 12.6 Å². The van der Waals surface area contributed by atoms with Crippen LogP contribution in [-0.2, 0) is 0 Å². The summed E-state index contributed by atoms with van der Waals surface area (Å²) in [5.41, 5.74) is 1.01. The zero-order valence-corrected chi connectivity index (χ0v) is 12.8. The predicted molar refractivity (Wildman–Crippen MR) is 77.7 cm³/mol. The van der Waals surface area contributed by atoms with Crippen LogP contribution in [-0.4, -0.2) is 25.7 Å². The molecule has 0 amide bonds. The van der Waals surface area contributed by atoms with Crippen LogP contribution in [0.5, 0.6) is 0 Å². The molecule has 0 aliphatic heterocycles. The van der Waals surface area contributed by atoms with E-state index < -0.39 is 12.6 Å². The van der Waals surface area contributed by atoms with Gasteiger partial charge in [0, 0.05) is 18.1 Å². The average Bonchev–Trinajstić information content (AvgIpc) is 2.36. The third-order valence-corrected chi connectivity index (χ3v) is 3.37. The summed E-state index contributed by atoms with van der Waals surface area (Å²) in [6, 6.07) is 7.56. The minimum atomic E-state index is -4.17. The molecule has 1 atom stereocenters. The van der Waals surface area contributed by atoms with Crippen LogP contribution in [0.3, 0.4) is 0 Å². The fourth-order valence-electron chi connectivity index (χ4n) is 1.63. The summed E-state index contributed by atoms with van der Waals surface area (Å²) in [6.45, 7) is 1.71. The van der Waals surface area contributed by atoms with Crippen molar-refractivity contribution in [3.05, 3.63) is 34.3 Å². The number of nitrogens with one attached hydrogen (secondary N) is 2. The van der Waals surface area contributed by atoms with Crippen LogP contribution in [0.25, 0.3) is 0 Å². The van der Waals surface area contributed by atoms with Crippen LogP contribution >= 0.6 is 15.9 Å². The molecular formula is C13H17BrF3N3. The van der Waals surface area contributed by atoms with E-state index in [1.54, 1.807) is 0 Å². The Morgan fingerprint density at radius 1 is 1.35 bits per heavy atom. The van der Waals surface area contributed by atoms with E-state index in [1.165, 1.54) is 7.05 Å². The van der Waals surface area contributed by atoms with Crippen molar-refractivity contribution in [1.29, 1.82) is 0 Å².